The maximum atomic E-state index is 13.1. The lowest BCUT2D eigenvalue weighted by atomic mass is 10.2. The monoisotopic (exact) mass is 198 g/mol. The van der Waals surface area contributed by atoms with E-state index in [1.54, 1.807) is 0 Å². The fourth-order valence-electron chi connectivity index (χ4n) is 1.19. The molecule has 0 amide bonds. The van der Waals surface area contributed by atoms with Crippen molar-refractivity contribution in [3.8, 4) is 0 Å². The van der Waals surface area contributed by atoms with E-state index in [4.69, 9.17) is 5.73 Å². The molecule has 0 spiro atoms. The van der Waals surface area contributed by atoms with Crippen LogP contribution in [0.1, 0.15) is 0 Å². The van der Waals surface area contributed by atoms with Gasteiger partial charge < -0.3 is 5.73 Å². The molecule has 2 N–H and O–H groups in total. The SMILES string of the molecule is Nc1ccc2cc(F)c(F)c(F)c2n1. The molecule has 5 heteroatoms. The first-order chi connectivity index (χ1) is 6.59. The number of nitrogen functional groups attached to an aromatic ring is 1. The van der Waals surface area contributed by atoms with E-state index in [1.165, 1.54) is 12.1 Å². The van der Waals surface area contributed by atoms with Crippen molar-refractivity contribution >= 4 is 16.7 Å². The van der Waals surface area contributed by atoms with Crippen LogP contribution in [0.2, 0.25) is 0 Å². The van der Waals surface area contributed by atoms with E-state index in [-0.39, 0.29) is 16.7 Å². The maximum absolute atomic E-state index is 13.1. The summed E-state index contributed by atoms with van der Waals surface area (Å²) < 4.78 is 38.6. The van der Waals surface area contributed by atoms with Gasteiger partial charge in [0.15, 0.2) is 17.5 Å². The Balaban J connectivity index is 2.92. The number of hydrogen-bond donors (Lipinski definition) is 1. The van der Waals surface area contributed by atoms with Crippen LogP contribution >= 0.6 is 0 Å². The smallest absolute Gasteiger partial charge is 0.196 e. The van der Waals surface area contributed by atoms with E-state index in [0.717, 1.165) is 6.07 Å². The Morgan fingerprint density at radius 3 is 2.50 bits per heavy atom. The number of hydrogen-bond acceptors (Lipinski definition) is 2. The molecule has 2 rings (SSSR count). The van der Waals surface area contributed by atoms with Crippen molar-refractivity contribution in [3.05, 3.63) is 35.7 Å². The first-order valence-corrected chi connectivity index (χ1v) is 3.79. The number of nitrogens with two attached hydrogens (primary N) is 1. The molecule has 72 valence electrons. The van der Waals surface area contributed by atoms with Gasteiger partial charge in [-0.15, -0.1) is 0 Å². The fraction of sp³-hybridized carbons (Fsp3) is 0. The average molecular weight is 198 g/mol. The Bertz CT molecular complexity index is 511. The van der Waals surface area contributed by atoms with Crippen LogP contribution in [0.5, 0.6) is 0 Å². The highest BCUT2D eigenvalue weighted by Crippen LogP contribution is 2.21. The van der Waals surface area contributed by atoms with E-state index in [2.05, 4.69) is 4.98 Å². The molecular formula is C9H5F3N2. The second-order valence-electron chi connectivity index (χ2n) is 2.79. The van der Waals surface area contributed by atoms with Crippen LogP contribution in [0.25, 0.3) is 10.9 Å². The zero-order chi connectivity index (χ0) is 10.3. The minimum Gasteiger partial charge on any atom is -0.384 e. The molecule has 14 heavy (non-hydrogen) atoms. The minimum absolute atomic E-state index is 0.0578. The van der Waals surface area contributed by atoms with Gasteiger partial charge >= 0.3 is 0 Å². The molecule has 1 heterocycles. The normalized spacial score (nSPS) is 10.8. The number of fused-ring (bicyclic) bond motifs is 1. The van der Waals surface area contributed by atoms with Gasteiger partial charge in [0.25, 0.3) is 0 Å². The molecule has 0 aliphatic rings. The first-order valence-electron chi connectivity index (χ1n) is 3.79. The summed E-state index contributed by atoms with van der Waals surface area (Å²) in [4.78, 5) is 3.57. The summed E-state index contributed by atoms with van der Waals surface area (Å²) in [6.07, 6.45) is 0. The predicted molar refractivity (Wildman–Crippen MR) is 46.0 cm³/mol. The highest BCUT2D eigenvalue weighted by molar-refractivity contribution is 5.80. The maximum Gasteiger partial charge on any atom is 0.196 e. The largest absolute Gasteiger partial charge is 0.384 e. The van der Waals surface area contributed by atoms with Crippen molar-refractivity contribution < 1.29 is 13.2 Å². The molecule has 0 aliphatic heterocycles. The van der Waals surface area contributed by atoms with Gasteiger partial charge in [0.2, 0.25) is 0 Å². The van der Waals surface area contributed by atoms with Crippen molar-refractivity contribution in [1.82, 2.24) is 4.98 Å². The van der Waals surface area contributed by atoms with Crippen LogP contribution in [0.3, 0.4) is 0 Å². The molecule has 0 radical (unpaired) electrons. The van der Waals surface area contributed by atoms with Crippen molar-refractivity contribution in [2.45, 2.75) is 0 Å². The second-order valence-corrected chi connectivity index (χ2v) is 2.79. The Kier molecular flexibility index (Phi) is 1.80. The Labute approximate surface area is 77.2 Å². The number of aromatic nitrogens is 1. The van der Waals surface area contributed by atoms with Crippen molar-refractivity contribution in [3.63, 3.8) is 0 Å². The predicted octanol–water partition coefficient (Wildman–Crippen LogP) is 2.23. The molecule has 0 saturated carbocycles. The van der Waals surface area contributed by atoms with Gasteiger partial charge in [-0.3, -0.25) is 0 Å². The van der Waals surface area contributed by atoms with E-state index in [9.17, 15) is 13.2 Å². The fourth-order valence-corrected chi connectivity index (χ4v) is 1.19. The topological polar surface area (TPSA) is 38.9 Å². The van der Waals surface area contributed by atoms with Gasteiger partial charge in [-0.25, -0.2) is 18.2 Å². The molecule has 0 fully saturated rings. The number of rotatable bonds is 0. The number of benzene rings is 1. The molecule has 2 aromatic rings. The third kappa shape index (κ3) is 1.17. The lowest BCUT2D eigenvalue weighted by Gasteiger charge is -2.01. The number of nitrogens with zero attached hydrogens (tertiary/aromatic N) is 1. The molecule has 0 unspecified atom stereocenters. The van der Waals surface area contributed by atoms with Crippen LogP contribution in [-0.2, 0) is 0 Å². The van der Waals surface area contributed by atoms with E-state index < -0.39 is 17.5 Å². The van der Waals surface area contributed by atoms with Gasteiger partial charge in [-0.05, 0) is 18.2 Å². The van der Waals surface area contributed by atoms with E-state index >= 15 is 0 Å². The van der Waals surface area contributed by atoms with E-state index in [0.29, 0.717) is 0 Å². The summed E-state index contributed by atoms with van der Waals surface area (Å²) in [5.41, 5.74) is 5.03. The molecule has 0 saturated heterocycles. The lowest BCUT2D eigenvalue weighted by Crippen LogP contribution is -1.96. The zero-order valence-corrected chi connectivity index (χ0v) is 6.89. The summed E-state index contributed by atoms with van der Waals surface area (Å²) >= 11 is 0. The molecule has 0 bridgehead atoms. The Hall–Kier alpha value is -1.78. The standard InChI is InChI=1S/C9H5F3N2/c10-5-3-4-1-2-6(13)14-9(4)8(12)7(5)11/h1-3H,(H2,13,14). The summed E-state index contributed by atoms with van der Waals surface area (Å²) in [6, 6.07) is 3.64. The number of anilines is 1. The second kappa shape index (κ2) is 2.87. The lowest BCUT2D eigenvalue weighted by molar-refractivity contribution is 0.452. The van der Waals surface area contributed by atoms with Gasteiger partial charge in [-0.1, -0.05) is 0 Å². The minimum atomic E-state index is -1.53. The highest BCUT2D eigenvalue weighted by Gasteiger charge is 2.14. The molecule has 2 nitrogen and oxygen atoms in total. The number of pyridine rings is 1. The average Bonchev–Trinajstić information content (AvgIpc) is 2.16. The molecule has 0 atom stereocenters. The quantitative estimate of drug-likeness (QED) is 0.659. The van der Waals surface area contributed by atoms with Crippen molar-refractivity contribution in [1.29, 1.82) is 0 Å². The van der Waals surface area contributed by atoms with Gasteiger partial charge in [0, 0.05) is 5.39 Å². The summed E-state index contributed by atoms with van der Waals surface area (Å²) in [5.74, 6) is -4.02. The summed E-state index contributed by atoms with van der Waals surface area (Å²) in [7, 11) is 0. The Morgan fingerprint density at radius 1 is 1.07 bits per heavy atom. The van der Waals surface area contributed by atoms with Crippen LogP contribution < -0.4 is 5.73 Å². The van der Waals surface area contributed by atoms with Gasteiger partial charge in [0.05, 0.1) is 0 Å². The number of halogens is 3. The molecule has 0 aliphatic carbocycles. The zero-order valence-electron chi connectivity index (χ0n) is 6.89. The van der Waals surface area contributed by atoms with Crippen molar-refractivity contribution in [2.24, 2.45) is 0 Å². The molecular weight excluding hydrogens is 193 g/mol. The van der Waals surface area contributed by atoms with Crippen LogP contribution in [0.4, 0.5) is 19.0 Å². The van der Waals surface area contributed by atoms with Crippen LogP contribution in [0.15, 0.2) is 18.2 Å². The summed E-state index contributed by atoms with van der Waals surface area (Å²) in [5, 5.41) is 0.176. The van der Waals surface area contributed by atoms with Crippen LogP contribution in [0, 0.1) is 17.5 Å². The Morgan fingerprint density at radius 2 is 1.79 bits per heavy atom. The highest BCUT2D eigenvalue weighted by atomic mass is 19.2. The third-order valence-corrected chi connectivity index (χ3v) is 1.84. The van der Waals surface area contributed by atoms with E-state index in [1.807, 2.05) is 0 Å². The van der Waals surface area contributed by atoms with Crippen molar-refractivity contribution in [2.75, 3.05) is 5.73 Å². The molecule has 1 aromatic heterocycles. The third-order valence-electron chi connectivity index (χ3n) is 1.84. The summed E-state index contributed by atoms with van der Waals surface area (Å²) in [6.45, 7) is 0. The van der Waals surface area contributed by atoms with Gasteiger partial charge in [-0.2, -0.15) is 0 Å². The first kappa shape index (κ1) is 8.80. The van der Waals surface area contributed by atoms with Gasteiger partial charge in [0.1, 0.15) is 11.3 Å². The molecule has 1 aromatic carbocycles. The van der Waals surface area contributed by atoms with Crippen LogP contribution in [-0.4, -0.2) is 4.98 Å².